The van der Waals surface area contributed by atoms with Gasteiger partial charge in [-0.2, -0.15) is 5.10 Å². The number of pyridine rings is 1. The monoisotopic (exact) mass is 522 g/mol. The third-order valence-electron chi connectivity index (χ3n) is 6.84. The van der Waals surface area contributed by atoms with Crippen molar-refractivity contribution in [2.45, 2.75) is 32.0 Å². The second kappa shape index (κ2) is 9.89. The first-order valence-electron chi connectivity index (χ1n) is 12.1. The summed E-state index contributed by atoms with van der Waals surface area (Å²) in [4.78, 5) is 27.1. The van der Waals surface area contributed by atoms with Crippen molar-refractivity contribution in [3.8, 4) is 16.9 Å². The van der Waals surface area contributed by atoms with Crippen molar-refractivity contribution >= 4 is 23.4 Å². The molecule has 2 N–H and O–H groups in total. The maximum atomic E-state index is 14.8. The molecule has 2 aromatic heterocycles. The molecule has 0 radical (unpaired) electrons. The van der Waals surface area contributed by atoms with Gasteiger partial charge in [-0.15, -0.1) is 0 Å². The summed E-state index contributed by atoms with van der Waals surface area (Å²) in [5, 5.41) is 11.2. The van der Waals surface area contributed by atoms with Crippen LogP contribution in [0.15, 0.2) is 75.8 Å². The van der Waals surface area contributed by atoms with Crippen LogP contribution in [0, 0.1) is 6.92 Å². The normalized spacial score (nSPS) is 19.4. The molecule has 192 valence electrons. The van der Waals surface area contributed by atoms with Gasteiger partial charge in [0.1, 0.15) is 12.0 Å². The number of halogens is 2. The highest BCUT2D eigenvalue weighted by Gasteiger charge is 2.34. The summed E-state index contributed by atoms with van der Waals surface area (Å²) in [5.41, 5.74) is 4.05. The molecule has 2 unspecified atom stereocenters. The molecule has 0 saturated carbocycles. The second-order valence-corrected chi connectivity index (χ2v) is 9.89. The van der Waals surface area contributed by atoms with Crippen LogP contribution in [0.4, 0.5) is 15.0 Å². The SMILES string of the molecule is Cc1c(-c2ccc(=O)n(C)c2)nn(-c2ccccc2)c1NC(=O)NC1CCN(C)C2=C1C=C(Cl)CC2F. The Morgan fingerprint density at radius 3 is 2.65 bits per heavy atom. The van der Waals surface area contributed by atoms with Gasteiger partial charge in [0.15, 0.2) is 0 Å². The predicted octanol–water partition coefficient (Wildman–Crippen LogP) is 4.49. The van der Waals surface area contributed by atoms with Crippen LogP contribution >= 0.6 is 11.6 Å². The topological polar surface area (TPSA) is 84.2 Å². The van der Waals surface area contributed by atoms with Crippen molar-refractivity contribution in [2.24, 2.45) is 7.05 Å². The first-order chi connectivity index (χ1) is 17.7. The number of amides is 2. The summed E-state index contributed by atoms with van der Waals surface area (Å²) < 4.78 is 18.0. The fourth-order valence-electron chi connectivity index (χ4n) is 4.95. The van der Waals surface area contributed by atoms with Gasteiger partial charge >= 0.3 is 6.03 Å². The van der Waals surface area contributed by atoms with E-state index in [1.54, 1.807) is 30.1 Å². The predicted molar refractivity (Wildman–Crippen MR) is 143 cm³/mol. The number of urea groups is 1. The number of aryl methyl sites for hydroxylation is 1. The Labute approximate surface area is 219 Å². The van der Waals surface area contributed by atoms with Crippen LogP contribution in [0.2, 0.25) is 0 Å². The maximum absolute atomic E-state index is 14.8. The average Bonchev–Trinajstić information content (AvgIpc) is 3.18. The third kappa shape index (κ3) is 4.79. The van der Waals surface area contributed by atoms with E-state index in [0.29, 0.717) is 40.8 Å². The van der Waals surface area contributed by atoms with Crippen molar-refractivity contribution in [3.05, 3.63) is 87.0 Å². The van der Waals surface area contributed by atoms with Gasteiger partial charge in [-0.1, -0.05) is 29.8 Å². The van der Waals surface area contributed by atoms with Crippen LogP contribution in [0.5, 0.6) is 0 Å². The van der Waals surface area contributed by atoms with Gasteiger partial charge in [-0.3, -0.25) is 10.1 Å². The number of hydrogen-bond acceptors (Lipinski definition) is 4. The van der Waals surface area contributed by atoms with E-state index in [-0.39, 0.29) is 18.0 Å². The smallest absolute Gasteiger partial charge is 0.320 e. The Kier molecular flexibility index (Phi) is 6.64. The minimum Gasteiger partial charge on any atom is -0.375 e. The summed E-state index contributed by atoms with van der Waals surface area (Å²) in [6.45, 7) is 2.49. The number of hydrogen-bond donors (Lipinski definition) is 2. The highest BCUT2D eigenvalue weighted by Crippen LogP contribution is 2.36. The molecule has 1 aromatic carbocycles. The molecule has 3 heterocycles. The summed E-state index contributed by atoms with van der Waals surface area (Å²) >= 11 is 6.21. The molecule has 2 amide bonds. The Balaban J connectivity index is 1.48. The van der Waals surface area contributed by atoms with E-state index >= 15 is 0 Å². The summed E-state index contributed by atoms with van der Waals surface area (Å²) in [6, 6.07) is 11.9. The Morgan fingerprint density at radius 1 is 1.16 bits per heavy atom. The van der Waals surface area contributed by atoms with E-state index in [9.17, 15) is 14.0 Å². The van der Waals surface area contributed by atoms with Crippen molar-refractivity contribution in [1.29, 1.82) is 0 Å². The van der Waals surface area contributed by atoms with E-state index in [2.05, 4.69) is 10.6 Å². The zero-order chi connectivity index (χ0) is 26.3. The largest absolute Gasteiger partial charge is 0.375 e. The number of anilines is 1. The molecule has 0 saturated heterocycles. The molecule has 10 heteroatoms. The lowest BCUT2D eigenvalue weighted by Crippen LogP contribution is -2.47. The van der Waals surface area contributed by atoms with E-state index in [4.69, 9.17) is 16.7 Å². The van der Waals surface area contributed by atoms with Gasteiger partial charge < -0.3 is 14.8 Å². The quantitative estimate of drug-likeness (QED) is 0.529. The van der Waals surface area contributed by atoms with Crippen molar-refractivity contribution < 1.29 is 9.18 Å². The van der Waals surface area contributed by atoms with Crippen LogP contribution in [0.3, 0.4) is 0 Å². The molecule has 0 bridgehead atoms. The zero-order valence-corrected chi connectivity index (χ0v) is 21.6. The van der Waals surface area contributed by atoms with Gasteiger partial charge in [0, 0.05) is 55.5 Å². The summed E-state index contributed by atoms with van der Waals surface area (Å²) in [5.74, 6) is 0.496. The molecule has 2 aliphatic rings. The Morgan fingerprint density at radius 2 is 1.92 bits per heavy atom. The average molecular weight is 523 g/mol. The number of nitrogens with one attached hydrogen (secondary N) is 2. The number of alkyl halides is 1. The third-order valence-corrected chi connectivity index (χ3v) is 7.10. The number of rotatable bonds is 4. The summed E-state index contributed by atoms with van der Waals surface area (Å²) in [7, 11) is 3.54. The van der Waals surface area contributed by atoms with Gasteiger partial charge in [-0.05, 0) is 43.2 Å². The van der Waals surface area contributed by atoms with Gasteiger partial charge in [0.2, 0.25) is 5.56 Å². The Hall–Kier alpha value is -3.85. The van der Waals surface area contributed by atoms with Crippen molar-refractivity contribution in [3.63, 3.8) is 0 Å². The van der Waals surface area contributed by atoms with Gasteiger partial charge in [-0.25, -0.2) is 13.9 Å². The molecule has 0 fully saturated rings. The zero-order valence-electron chi connectivity index (χ0n) is 20.8. The van der Waals surface area contributed by atoms with Crippen LogP contribution in [-0.2, 0) is 7.05 Å². The molecule has 2 atom stereocenters. The van der Waals surface area contributed by atoms with Gasteiger partial charge in [0.05, 0.1) is 23.1 Å². The van der Waals surface area contributed by atoms with Crippen molar-refractivity contribution in [1.82, 2.24) is 24.6 Å². The van der Waals surface area contributed by atoms with Crippen LogP contribution in [0.25, 0.3) is 16.9 Å². The molecule has 1 aliphatic heterocycles. The molecule has 8 nitrogen and oxygen atoms in total. The second-order valence-electron chi connectivity index (χ2n) is 9.40. The number of nitrogens with zero attached hydrogens (tertiary/aromatic N) is 4. The maximum Gasteiger partial charge on any atom is 0.320 e. The first kappa shape index (κ1) is 24.8. The lowest BCUT2D eigenvalue weighted by Gasteiger charge is -2.38. The van der Waals surface area contributed by atoms with Gasteiger partial charge in [0.25, 0.3) is 0 Å². The number of para-hydroxylation sites is 1. The summed E-state index contributed by atoms with van der Waals surface area (Å²) in [6.07, 6.45) is 3.06. The van der Waals surface area contributed by atoms with E-state index in [0.717, 1.165) is 16.8 Å². The number of carbonyl (C=O) groups excluding carboxylic acids is 1. The number of benzene rings is 1. The highest BCUT2D eigenvalue weighted by molar-refractivity contribution is 6.30. The fraction of sp³-hybridized carbons (Fsp3) is 0.296. The molecule has 0 spiro atoms. The van der Waals surface area contributed by atoms with E-state index in [1.165, 1.54) is 10.6 Å². The fourth-order valence-corrected chi connectivity index (χ4v) is 5.20. The van der Waals surface area contributed by atoms with Crippen LogP contribution in [0.1, 0.15) is 18.4 Å². The first-order valence-corrected chi connectivity index (χ1v) is 12.5. The number of carbonyl (C=O) groups is 1. The molecule has 1 aliphatic carbocycles. The minimum atomic E-state index is -1.20. The standard InChI is InChI=1S/C27H28ClFN6O2/c1-16-24(17-9-10-23(36)34(3)15-17)32-35(19-7-5-4-6-8-19)26(16)31-27(37)30-22-11-12-33(2)25-20(22)13-18(28)14-21(25)29/h4-10,13,15,21-22H,11-12,14H2,1-3H3,(H2,30,31,37). The molecular formula is C27H28ClFN6O2. The lowest BCUT2D eigenvalue weighted by molar-refractivity contribution is 0.236. The van der Waals surface area contributed by atoms with E-state index in [1.807, 2.05) is 49.2 Å². The van der Waals surface area contributed by atoms with E-state index < -0.39 is 12.2 Å². The van der Waals surface area contributed by atoms with Crippen LogP contribution in [-0.4, -0.2) is 51.1 Å². The number of aromatic nitrogens is 3. The molecular weight excluding hydrogens is 495 g/mol. The van der Waals surface area contributed by atoms with Crippen LogP contribution < -0.4 is 16.2 Å². The Bertz CT molecular complexity index is 1480. The van der Waals surface area contributed by atoms with Crippen molar-refractivity contribution in [2.75, 3.05) is 18.9 Å². The molecule has 3 aromatic rings. The number of allylic oxidation sites excluding steroid dienone is 2. The highest BCUT2D eigenvalue weighted by atomic mass is 35.5. The lowest BCUT2D eigenvalue weighted by atomic mass is 9.90. The minimum absolute atomic E-state index is 0.124. The molecule has 5 rings (SSSR count). The molecule has 37 heavy (non-hydrogen) atoms.